The zero-order valence-corrected chi connectivity index (χ0v) is 17.8. The summed E-state index contributed by atoms with van der Waals surface area (Å²) in [6.45, 7) is 3.27. The van der Waals surface area contributed by atoms with Crippen molar-refractivity contribution in [2.45, 2.75) is 4.90 Å². The van der Waals surface area contributed by atoms with Gasteiger partial charge >= 0.3 is 0 Å². The lowest BCUT2D eigenvalue weighted by atomic mass is 10.0. The normalized spacial score (nSPS) is 15.3. The van der Waals surface area contributed by atoms with Crippen LogP contribution in [0.5, 0.6) is 5.75 Å². The summed E-state index contributed by atoms with van der Waals surface area (Å²) in [5, 5.41) is 2.03. The Morgan fingerprint density at radius 2 is 1.87 bits per heavy atom. The Labute approximate surface area is 180 Å². The maximum absolute atomic E-state index is 13.2. The Balaban J connectivity index is 1.21. The van der Waals surface area contributed by atoms with Gasteiger partial charge in [-0.25, -0.2) is 17.5 Å². The highest BCUT2D eigenvalue weighted by atomic mass is 35.5. The number of fused-ring (bicyclic) bond motifs is 1. The molecule has 1 heterocycles. The van der Waals surface area contributed by atoms with Crippen LogP contribution in [0, 0.1) is 11.7 Å². The van der Waals surface area contributed by atoms with E-state index in [0.717, 1.165) is 48.3 Å². The van der Waals surface area contributed by atoms with Crippen LogP contribution in [-0.2, 0) is 10.0 Å². The van der Waals surface area contributed by atoms with E-state index in [-0.39, 0.29) is 15.8 Å². The molecular weight excluding hydrogens is 427 g/mol. The maximum Gasteiger partial charge on any atom is 0.240 e. The van der Waals surface area contributed by atoms with E-state index >= 15 is 0 Å². The smallest absolute Gasteiger partial charge is 0.240 e. The number of halogens is 2. The molecule has 158 valence electrons. The van der Waals surface area contributed by atoms with Crippen LogP contribution in [0.3, 0.4) is 0 Å². The molecule has 30 heavy (non-hydrogen) atoms. The number of hydrogen-bond acceptors (Lipinski definition) is 4. The molecular formula is C22H22ClFN2O3S. The topological polar surface area (TPSA) is 58.6 Å². The summed E-state index contributed by atoms with van der Waals surface area (Å²) < 4.78 is 46.4. The van der Waals surface area contributed by atoms with Gasteiger partial charge in [0.15, 0.2) is 0 Å². The predicted octanol–water partition coefficient (Wildman–Crippen LogP) is 3.92. The highest BCUT2D eigenvalue weighted by Gasteiger charge is 2.28. The van der Waals surface area contributed by atoms with Gasteiger partial charge in [-0.2, -0.15) is 0 Å². The monoisotopic (exact) mass is 448 g/mol. The number of likely N-dealkylation sites (tertiary alicyclic amines) is 1. The van der Waals surface area contributed by atoms with Gasteiger partial charge in [-0.3, -0.25) is 4.90 Å². The lowest BCUT2D eigenvalue weighted by Crippen LogP contribution is -2.52. The van der Waals surface area contributed by atoms with Gasteiger partial charge in [-0.05, 0) is 35.6 Å². The van der Waals surface area contributed by atoms with Crippen LogP contribution in [0.25, 0.3) is 10.8 Å². The van der Waals surface area contributed by atoms with E-state index < -0.39 is 15.8 Å². The van der Waals surface area contributed by atoms with Crippen molar-refractivity contribution < 1.29 is 17.5 Å². The molecule has 1 fully saturated rings. The molecule has 3 aromatic rings. The molecule has 0 atom stereocenters. The van der Waals surface area contributed by atoms with Crippen molar-refractivity contribution in [3.63, 3.8) is 0 Å². The average molecular weight is 449 g/mol. The number of benzene rings is 3. The van der Waals surface area contributed by atoms with Gasteiger partial charge < -0.3 is 4.74 Å². The van der Waals surface area contributed by atoms with Crippen molar-refractivity contribution in [2.24, 2.45) is 5.92 Å². The summed E-state index contributed by atoms with van der Waals surface area (Å²) in [6.07, 6.45) is 0. The fourth-order valence-electron chi connectivity index (χ4n) is 3.55. The van der Waals surface area contributed by atoms with E-state index in [9.17, 15) is 12.8 Å². The van der Waals surface area contributed by atoms with E-state index in [4.69, 9.17) is 16.3 Å². The van der Waals surface area contributed by atoms with E-state index in [2.05, 4.69) is 21.8 Å². The minimum Gasteiger partial charge on any atom is -0.492 e. The minimum atomic E-state index is -3.71. The van der Waals surface area contributed by atoms with Gasteiger partial charge in [0.2, 0.25) is 10.0 Å². The highest BCUT2D eigenvalue weighted by molar-refractivity contribution is 7.89. The molecule has 0 saturated carbocycles. The zero-order valence-electron chi connectivity index (χ0n) is 16.2. The quantitative estimate of drug-likeness (QED) is 0.567. The summed E-state index contributed by atoms with van der Waals surface area (Å²) >= 11 is 5.68. The molecule has 0 radical (unpaired) electrons. The van der Waals surface area contributed by atoms with E-state index in [1.54, 1.807) is 0 Å². The predicted molar refractivity (Wildman–Crippen MR) is 116 cm³/mol. The third-order valence-corrected chi connectivity index (χ3v) is 6.92. The first-order chi connectivity index (χ1) is 14.4. The van der Waals surface area contributed by atoms with Gasteiger partial charge in [0.05, 0.1) is 9.92 Å². The molecule has 4 rings (SSSR count). The molecule has 0 bridgehead atoms. The van der Waals surface area contributed by atoms with Crippen molar-refractivity contribution in [3.05, 3.63) is 71.5 Å². The number of nitrogens with one attached hydrogen (secondary N) is 1. The second-order valence-corrected chi connectivity index (χ2v) is 9.55. The van der Waals surface area contributed by atoms with E-state index in [1.165, 1.54) is 6.07 Å². The standard InChI is InChI=1S/C22H22ClFN2O3S/c23-20-12-18(8-9-21(20)24)30(27,28)25-13-16-14-26(15-16)10-11-29-22-7-3-5-17-4-1-2-6-19(17)22/h1-9,12,16,25H,10-11,13-15H2. The third-order valence-electron chi connectivity index (χ3n) is 5.21. The fraction of sp³-hybridized carbons (Fsp3) is 0.273. The van der Waals surface area contributed by atoms with Gasteiger partial charge in [0.1, 0.15) is 18.2 Å². The van der Waals surface area contributed by atoms with Crippen LogP contribution < -0.4 is 9.46 Å². The molecule has 0 aromatic heterocycles. The molecule has 1 N–H and O–H groups in total. The van der Waals surface area contributed by atoms with Crippen molar-refractivity contribution >= 4 is 32.4 Å². The van der Waals surface area contributed by atoms with Crippen molar-refractivity contribution in [3.8, 4) is 5.75 Å². The van der Waals surface area contributed by atoms with Crippen LogP contribution in [0.1, 0.15) is 0 Å². The van der Waals surface area contributed by atoms with E-state index in [0.29, 0.717) is 13.2 Å². The number of hydrogen-bond donors (Lipinski definition) is 1. The molecule has 1 aliphatic rings. The maximum atomic E-state index is 13.2. The average Bonchev–Trinajstić information content (AvgIpc) is 2.71. The number of ether oxygens (including phenoxy) is 1. The summed E-state index contributed by atoms with van der Waals surface area (Å²) in [5.41, 5.74) is 0. The van der Waals surface area contributed by atoms with Crippen LogP contribution in [0.2, 0.25) is 5.02 Å². The molecule has 0 amide bonds. The van der Waals surface area contributed by atoms with E-state index in [1.807, 2.05) is 30.3 Å². The number of sulfonamides is 1. The third kappa shape index (κ3) is 4.75. The van der Waals surface area contributed by atoms with Crippen molar-refractivity contribution in [2.75, 3.05) is 32.8 Å². The summed E-state index contributed by atoms with van der Waals surface area (Å²) in [7, 11) is -3.71. The number of rotatable bonds is 8. The summed E-state index contributed by atoms with van der Waals surface area (Å²) in [4.78, 5) is 2.19. The largest absolute Gasteiger partial charge is 0.492 e. The second kappa shape index (κ2) is 8.89. The zero-order chi connectivity index (χ0) is 21.1. The number of nitrogens with zero attached hydrogens (tertiary/aromatic N) is 1. The molecule has 1 saturated heterocycles. The first kappa shape index (κ1) is 21.1. The molecule has 0 unspecified atom stereocenters. The molecule has 3 aromatic carbocycles. The Bertz CT molecular complexity index is 1140. The van der Waals surface area contributed by atoms with Crippen LogP contribution in [-0.4, -0.2) is 46.1 Å². The highest BCUT2D eigenvalue weighted by Crippen LogP contribution is 2.25. The SMILES string of the molecule is O=S(=O)(NCC1CN(CCOc2cccc3ccccc23)C1)c1ccc(F)c(Cl)c1. The lowest BCUT2D eigenvalue weighted by molar-refractivity contribution is 0.0857. The van der Waals surface area contributed by atoms with Crippen LogP contribution >= 0.6 is 11.6 Å². The second-order valence-electron chi connectivity index (χ2n) is 7.38. The van der Waals surface area contributed by atoms with Crippen molar-refractivity contribution in [1.29, 1.82) is 0 Å². The summed E-state index contributed by atoms with van der Waals surface area (Å²) in [6, 6.07) is 17.5. The van der Waals surface area contributed by atoms with Gasteiger partial charge in [0, 0.05) is 31.6 Å². The molecule has 1 aliphatic heterocycles. The Morgan fingerprint density at radius 1 is 1.10 bits per heavy atom. The Morgan fingerprint density at radius 3 is 2.67 bits per heavy atom. The Hall–Kier alpha value is -2.19. The first-order valence-corrected chi connectivity index (χ1v) is 11.6. The molecule has 8 heteroatoms. The van der Waals surface area contributed by atoms with Crippen LogP contribution in [0.15, 0.2) is 65.6 Å². The molecule has 5 nitrogen and oxygen atoms in total. The Kier molecular flexibility index (Phi) is 6.24. The first-order valence-electron chi connectivity index (χ1n) is 9.70. The van der Waals surface area contributed by atoms with Gasteiger partial charge in [-0.1, -0.05) is 48.0 Å². The van der Waals surface area contributed by atoms with Gasteiger partial charge in [-0.15, -0.1) is 0 Å². The van der Waals surface area contributed by atoms with Crippen molar-refractivity contribution in [1.82, 2.24) is 9.62 Å². The minimum absolute atomic E-state index is 0.0337. The fourth-order valence-corrected chi connectivity index (χ4v) is 4.94. The van der Waals surface area contributed by atoms with Gasteiger partial charge in [0.25, 0.3) is 0 Å². The lowest BCUT2D eigenvalue weighted by Gasteiger charge is -2.39. The summed E-state index contributed by atoms with van der Waals surface area (Å²) in [5.74, 6) is 0.458. The molecule has 0 spiro atoms. The molecule has 0 aliphatic carbocycles. The van der Waals surface area contributed by atoms with Crippen LogP contribution in [0.4, 0.5) is 4.39 Å².